The second-order valence-electron chi connectivity index (χ2n) is 11.3. The summed E-state index contributed by atoms with van der Waals surface area (Å²) in [7, 11) is 5.86. The number of hydrogen-bond acceptors (Lipinski definition) is 11. The van der Waals surface area contributed by atoms with Gasteiger partial charge in [-0.3, -0.25) is 9.59 Å². The van der Waals surface area contributed by atoms with E-state index in [4.69, 9.17) is 62.9 Å². The second kappa shape index (κ2) is 35.5. The molecule has 16 heteroatoms. The number of aliphatic hydroxyl groups is 1. The number of benzene rings is 3. The van der Waals surface area contributed by atoms with Crippen LogP contribution >= 0.6 is 69.7 Å². The Bertz CT molecular complexity index is 2010. The summed E-state index contributed by atoms with van der Waals surface area (Å²) in [6.45, 7) is 5.64. The molecule has 3 radical (unpaired) electrons. The van der Waals surface area contributed by atoms with Gasteiger partial charge in [0.2, 0.25) is 0 Å². The third-order valence-electron chi connectivity index (χ3n) is 6.71. The topological polar surface area (TPSA) is 112 Å². The third-order valence-corrected chi connectivity index (χ3v) is 12.3. The quantitative estimate of drug-likeness (QED) is 0.0613. The van der Waals surface area contributed by atoms with Crippen molar-refractivity contribution in [3.63, 3.8) is 0 Å². The molecule has 6 aromatic rings. The van der Waals surface area contributed by atoms with E-state index in [0.29, 0.717) is 21.5 Å². The maximum absolute atomic E-state index is 11.9. The van der Waals surface area contributed by atoms with Gasteiger partial charge in [0.15, 0.2) is 0 Å². The van der Waals surface area contributed by atoms with Crippen LogP contribution in [-0.2, 0) is 38.9 Å². The average Bonchev–Trinajstić information content (AvgIpc) is 4.06. The van der Waals surface area contributed by atoms with Crippen molar-refractivity contribution in [2.45, 2.75) is 65.5 Å². The normalized spacial score (nSPS) is 10.9. The van der Waals surface area contributed by atoms with E-state index in [-0.39, 0.29) is 72.0 Å². The molecule has 0 aliphatic carbocycles. The molecule has 0 bridgehead atoms. The Kier molecular flexibility index (Phi) is 34.9. The molecule has 0 spiro atoms. The molecule has 8 nitrogen and oxygen atoms in total. The maximum atomic E-state index is 11.9. The summed E-state index contributed by atoms with van der Waals surface area (Å²) in [5.41, 5.74) is 3.33. The Morgan fingerprint density at radius 1 is 0.717 bits per heavy atom. The Balaban J connectivity index is 0. The van der Waals surface area contributed by atoms with Crippen LogP contribution in [0.15, 0.2) is 159 Å². The molecule has 3 atom stereocenters. The molecule has 0 saturated heterocycles. The van der Waals surface area contributed by atoms with Gasteiger partial charge in [0.05, 0.1) is 23.0 Å². The van der Waals surface area contributed by atoms with Gasteiger partial charge >= 0.3 is 102 Å². The number of ether oxygens (including phenoxy) is 2. The number of thiocarbonyl (C=S) groups is 2. The number of carbonyl (C=O) groups is 2. The van der Waals surface area contributed by atoms with Gasteiger partial charge in [0, 0.05) is 8.41 Å². The van der Waals surface area contributed by atoms with E-state index in [9.17, 15) is 9.59 Å². The molecule has 0 fully saturated rings. The Morgan fingerprint density at radius 3 is 1.45 bits per heavy atom. The van der Waals surface area contributed by atoms with Crippen LogP contribution in [-0.4, -0.2) is 63.7 Å². The summed E-state index contributed by atoms with van der Waals surface area (Å²) in [5.74, 6) is 1.30. The van der Waals surface area contributed by atoms with Crippen molar-refractivity contribution in [1.29, 1.82) is 0 Å². The number of aliphatic hydroxyl groups excluding tert-OH is 1. The van der Waals surface area contributed by atoms with Gasteiger partial charge in [-0.1, -0.05) is 121 Å². The summed E-state index contributed by atoms with van der Waals surface area (Å²) in [5, 5.41) is 7.98. The second-order valence-corrected chi connectivity index (χ2v) is 20.4. The van der Waals surface area contributed by atoms with Crippen molar-refractivity contribution >= 4 is 118 Å². The molecule has 317 valence electrons. The Morgan fingerprint density at radius 2 is 1.12 bits per heavy atom. The van der Waals surface area contributed by atoms with E-state index >= 15 is 0 Å². The van der Waals surface area contributed by atoms with Crippen molar-refractivity contribution in [3.8, 4) is 0 Å². The molecule has 3 aromatic carbocycles. The van der Waals surface area contributed by atoms with Gasteiger partial charge in [-0.05, 0) is 62.7 Å². The van der Waals surface area contributed by atoms with Crippen LogP contribution in [0.5, 0.6) is 0 Å². The minimum atomic E-state index is -0.349. The number of thioether (sulfide) groups is 1. The van der Waals surface area contributed by atoms with Crippen molar-refractivity contribution < 1.29 is 37.4 Å². The van der Waals surface area contributed by atoms with E-state index in [1.54, 1.807) is 82.6 Å². The van der Waals surface area contributed by atoms with Crippen LogP contribution in [0, 0.1) is 6.92 Å². The zero-order valence-electron chi connectivity index (χ0n) is 32.1. The van der Waals surface area contributed by atoms with E-state index in [0.717, 1.165) is 15.3 Å². The van der Waals surface area contributed by atoms with E-state index in [1.807, 2.05) is 78.9 Å². The van der Waals surface area contributed by atoms with Crippen LogP contribution in [0.25, 0.3) is 0 Å². The van der Waals surface area contributed by atoms with Gasteiger partial charge in [-0.25, -0.2) is 0 Å². The van der Waals surface area contributed by atoms with Crippen molar-refractivity contribution in [1.82, 2.24) is 0 Å². The number of alkyl halides is 1. The molecular weight excluding hydrogens is 935 g/mol. The van der Waals surface area contributed by atoms with Crippen LogP contribution < -0.4 is 0 Å². The van der Waals surface area contributed by atoms with E-state index in [2.05, 4.69) is 35.0 Å². The SMILES string of the molecule is C.C.CC(Br)C(=O)OCc1ccco1.CC(SC(=S)c1ccccc1)C(=O)OCc1ccco1.Cc1ccccc1.OCc1ccco1.[B].[Mg]=[S](Cl)C(=S)c1ccccc1. The van der Waals surface area contributed by atoms with Gasteiger partial charge in [-0.15, -0.1) is 0 Å². The molecule has 0 aliphatic heterocycles. The molecule has 6 rings (SSSR count). The summed E-state index contributed by atoms with van der Waals surface area (Å²) in [6, 6.07) is 40.2. The first kappa shape index (κ1) is 59.0. The minimum absolute atomic E-state index is 0. The Hall–Kier alpha value is -3.12. The summed E-state index contributed by atoms with van der Waals surface area (Å²) in [6.07, 6.45) is 4.62. The van der Waals surface area contributed by atoms with Gasteiger partial charge in [0.1, 0.15) is 47.2 Å². The third kappa shape index (κ3) is 26.3. The molecule has 3 unspecified atom stereocenters. The zero-order valence-corrected chi connectivity index (χ0v) is 39.1. The first-order valence-corrected chi connectivity index (χ1v) is 23.7. The van der Waals surface area contributed by atoms with Crippen molar-refractivity contribution in [3.05, 3.63) is 180 Å². The molecule has 1 N–H and O–H groups in total. The average molecular weight is 986 g/mol. The predicted octanol–water partition coefficient (Wildman–Crippen LogP) is 12.5. The number of aryl methyl sites for hydroxylation is 1. The van der Waals surface area contributed by atoms with Gasteiger partial charge in [-0.2, -0.15) is 0 Å². The first-order valence-electron chi connectivity index (χ1n) is 17.1. The van der Waals surface area contributed by atoms with Crippen LogP contribution in [0.4, 0.5) is 0 Å². The molecule has 0 saturated carbocycles. The summed E-state index contributed by atoms with van der Waals surface area (Å²) in [4.78, 5) is 22.5. The molecule has 3 aromatic heterocycles. The zero-order chi connectivity index (χ0) is 41.8. The number of furan rings is 3. The summed E-state index contributed by atoms with van der Waals surface area (Å²) < 4.78 is 26.4. The fraction of sp³-hybridized carbons (Fsp3) is 0.227. The molecule has 0 amide bonds. The summed E-state index contributed by atoms with van der Waals surface area (Å²) >= 11 is 16.6. The monoisotopic (exact) mass is 983 g/mol. The number of halogens is 2. The van der Waals surface area contributed by atoms with Crippen LogP contribution in [0.3, 0.4) is 0 Å². The molecule has 0 aliphatic rings. The molecule has 3 heterocycles. The first-order chi connectivity index (χ1) is 27.4. The number of hydrogen-bond donors (Lipinski definition) is 1. The van der Waals surface area contributed by atoms with Gasteiger partial charge in [0.25, 0.3) is 0 Å². The number of esters is 2. The fourth-order valence-corrected chi connectivity index (χ4v) is 6.55. The number of rotatable bonds is 10. The van der Waals surface area contributed by atoms with E-state index < -0.39 is 0 Å². The molecule has 60 heavy (non-hydrogen) atoms. The predicted molar refractivity (Wildman–Crippen MR) is 263 cm³/mol. The standard InChI is InChI=1S/C15H14O3S2.C8H9BrO3.C7H5ClS2.C7H8.C5H6O2.2CH4.B.Mg/c1-11(14(16)18-10-13-8-5-9-17-13)20-15(19)12-6-3-2-4-7-12;1-6(9)8(10)12-5-7-3-2-4-11-7;8-10-7(9)6-4-2-1-3-5-6;1-7-5-3-2-4-6-7;6-4-5-2-1-3-7-5;;;;/h2-9,11H,10H2,1H3;2-4,6H,5H2,1H3;1-5H;2-6H,1H3;1-3,6H,4H2;2*1H4;;. The van der Waals surface area contributed by atoms with Gasteiger partial charge < -0.3 is 27.8 Å². The van der Waals surface area contributed by atoms with Crippen LogP contribution in [0.1, 0.15) is 62.7 Å². The molecular formula is C44H50BBrClMgO8S4. The van der Waals surface area contributed by atoms with Crippen LogP contribution in [0.2, 0.25) is 0 Å². The van der Waals surface area contributed by atoms with E-state index in [1.165, 1.54) is 23.6 Å². The fourth-order valence-electron chi connectivity index (χ4n) is 3.80. The number of carbonyl (C=O) groups excluding carboxylic acids is 2. The van der Waals surface area contributed by atoms with Crippen molar-refractivity contribution in [2.75, 3.05) is 0 Å². The van der Waals surface area contributed by atoms with Crippen molar-refractivity contribution in [2.24, 2.45) is 0 Å². The Labute approximate surface area is 398 Å².